The number of aliphatic hydroxyl groups is 1. The van der Waals surface area contributed by atoms with Gasteiger partial charge in [-0.15, -0.1) is 0 Å². The molecule has 7 heteroatoms. The number of hydrogen-bond donors (Lipinski definition) is 3. The van der Waals surface area contributed by atoms with E-state index in [1.54, 1.807) is 11.6 Å². The van der Waals surface area contributed by atoms with Gasteiger partial charge in [0.15, 0.2) is 0 Å². The maximum atomic E-state index is 13.7. The SMILES string of the molecule is Cc1nn(C2CCCC2)c(N)c1C1(O)C(=O)Nc2ccc(F)cc21. The molecule has 1 aliphatic heterocycles. The summed E-state index contributed by atoms with van der Waals surface area (Å²) in [5, 5.41) is 18.3. The highest BCUT2D eigenvalue weighted by molar-refractivity contribution is 6.08. The Labute approximate surface area is 138 Å². The molecule has 0 saturated heterocycles. The second-order valence-electron chi connectivity index (χ2n) is 6.58. The predicted octanol–water partition coefficient (Wildman–Crippen LogP) is 2.22. The number of hydrogen-bond acceptors (Lipinski definition) is 4. The van der Waals surface area contributed by atoms with E-state index in [0.717, 1.165) is 25.7 Å². The molecule has 126 valence electrons. The number of rotatable bonds is 2. The van der Waals surface area contributed by atoms with E-state index < -0.39 is 17.3 Å². The van der Waals surface area contributed by atoms with Crippen molar-refractivity contribution in [1.29, 1.82) is 0 Å². The summed E-state index contributed by atoms with van der Waals surface area (Å²) < 4.78 is 15.4. The van der Waals surface area contributed by atoms with E-state index >= 15 is 0 Å². The zero-order chi connectivity index (χ0) is 17.1. The van der Waals surface area contributed by atoms with Gasteiger partial charge in [0.2, 0.25) is 5.60 Å². The number of anilines is 2. The number of nitrogen functional groups attached to an aromatic ring is 1. The molecule has 0 bridgehead atoms. The van der Waals surface area contributed by atoms with Crippen LogP contribution in [-0.4, -0.2) is 20.8 Å². The minimum absolute atomic E-state index is 0.174. The first-order valence-corrected chi connectivity index (χ1v) is 8.12. The fourth-order valence-corrected chi connectivity index (χ4v) is 3.95. The Morgan fingerprint density at radius 1 is 1.42 bits per heavy atom. The number of carbonyl (C=O) groups is 1. The summed E-state index contributed by atoms with van der Waals surface area (Å²) in [6.45, 7) is 1.71. The molecule has 1 amide bonds. The van der Waals surface area contributed by atoms with E-state index in [2.05, 4.69) is 10.4 Å². The molecule has 0 spiro atoms. The van der Waals surface area contributed by atoms with Crippen LogP contribution in [-0.2, 0) is 10.4 Å². The molecule has 2 aromatic rings. The van der Waals surface area contributed by atoms with Crippen molar-refractivity contribution < 1.29 is 14.3 Å². The van der Waals surface area contributed by atoms with Crippen LogP contribution in [0.1, 0.15) is 48.5 Å². The van der Waals surface area contributed by atoms with Crippen LogP contribution in [0.3, 0.4) is 0 Å². The molecule has 0 radical (unpaired) electrons. The largest absolute Gasteiger partial charge is 0.384 e. The quantitative estimate of drug-likeness (QED) is 0.787. The van der Waals surface area contributed by atoms with Crippen molar-refractivity contribution in [3.63, 3.8) is 0 Å². The number of nitrogens with zero attached hydrogens (tertiary/aromatic N) is 2. The lowest BCUT2D eigenvalue weighted by molar-refractivity contribution is -0.129. The molecular weight excluding hydrogens is 311 g/mol. The van der Waals surface area contributed by atoms with Gasteiger partial charge in [0, 0.05) is 11.3 Å². The molecule has 1 aliphatic carbocycles. The summed E-state index contributed by atoms with van der Waals surface area (Å²) >= 11 is 0. The highest BCUT2D eigenvalue weighted by Gasteiger charge is 2.50. The van der Waals surface area contributed by atoms with Gasteiger partial charge >= 0.3 is 0 Å². The fraction of sp³-hybridized carbons (Fsp3) is 0.412. The smallest absolute Gasteiger partial charge is 0.266 e. The van der Waals surface area contributed by atoms with Gasteiger partial charge in [0.1, 0.15) is 11.6 Å². The van der Waals surface area contributed by atoms with Gasteiger partial charge in [-0.25, -0.2) is 9.07 Å². The lowest BCUT2D eigenvalue weighted by Crippen LogP contribution is -2.36. The zero-order valence-electron chi connectivity index (χ0n) is 13.3. The van der Waals surface area contributed by atoms with Gasteiger partial charge in [-0.05, 0) is 38.0 Å². The van der Waals surface area contributed by atoms with E-state index in [4.69, 9.17) is 5.73 Å². The van der Waals surface area contributed by atoms with Crippen LogP contribution in [0.4, 0.5) is 15.9 Å². The number of nitrogens with two attached hydrogens (primary N) is 1. The minimum Gasteiger partial charge on any atom is -0.384 e. The van der Waals surface area contributed by atoms with Crippen LogP contribution >= 0.6 is 0 Å². The topological polar surface area (TPSA) is 93.2 Å². The minimum atomic E-state index is -2.03. The van der Waals surface area contributed by atoms with Crippen LogP contribution < -0.4 is 11.1 Å². The Balaban J connectivity index is 1.90. The van der Waals surface area contributed by atoms with E-state index in [-0.39, 0.29) is 23.0 Å². The van der Waals surface area contributed by atoms with Crippen molar-refractivity contribution >= 4 is 17.4 Å². The van der Waals surface area contributed by atoms with Gasteiger partial charge in [-0.1, -0.05) is 12.8 Å². The Kier molecular flexibility index (Phi) is 3.18. The van der Waals surface area contributed by atoms with Gasteiger partial charge in [-0.2, -0.15) is 5.10 Å². The Morgan fingerprint density at radius 2 is 2.12 bits per heavy atom. The van der Waals surface area contributed by atoms with E-state index in [0.29, 0.717) is 11.4 Å². The molecule has 1 aromatic heterocycles. The standard InChI is InChI=1S/C17H19FN4O2/c1-9-14(15(19)22(21-9)11-4-2-3-5-11)17(24)12-8-10(18)6-7-13(12)20-16(17)23/h6-8,11,24H,2-5,19H2,1H3,(H,20,23). The second-order valence-corrected chi connectivity index (χ2v) is 6.58. The lowest BCUT2D eigenvalue weighted by atomic mass is 9.87. The number of aryl methyl sites for hydroxylation is 1. The first kappa shape index (κ1) is 15.1. The fourth-order valence-electron chi connectivity index (χ4n) is 3.95. The summed E-state index contributed by atoms with van der Waals surface area (Å²) in [6, 6.07) is 4.02. The monoisotopic (exact) mass is 330 g/mol. The number of benzene rings is 1. The number of carbonyl (C=O) groups excluding carboxylic acids is 1. The molecule has 4 rings (SSSR count). The number of aromatic nitrogens is 2. The van der Waals surface area contributed by atoms with Crippen molar-refractivity contribution in [2.24, 2.45) is 0 Å². The van der Waals surface area contributed by atoms with Crippen molar-refractivity contribution in [2.45, 2.75) is 44.2 Å². The Hall–Kier alpha value is -2.41. The van der Waals surface area contributed by atoms with Crippen LogP contribution in [0.25, 0.3) is 0 Å². The third-order valence-corrected chi connectivity index (χ3v) is 5.10. The Bertz CT molecular complexity index is 841. The van der Waals surface area contributed by atoms with Crippen LogP contribution in [0.15, 0.2) is 18.2 Å². The number of fused-ring (bicyclic) bond motifs is 1. The summed E-state index contributed by atoms with van der Waals surface area (Å²) in [6.07, 6.45) is 4.16. The maximum absolute atomic E-state index is 13.7. The highest BCUT2D eigenvalue weighted by atomic mass is 19.1. The van der Waals surface area contributed by atoms with Gasteiger partial charge in [-0.3, -0.25) is 4.79 Å². The summed E-state index contributed by atoms with van der Waals surface area (Å²) in [5.41, 5.74) is 5.53. The number of nitrogens with one attached hydrogen (secondary N) is 1. The molecule has 1 atom stereocenters. The maximum Gasteiger partial charge on any atom is 0.266 e. The first-order valence-electron chi connectivity index (χ1n) is 8.12. The Morgan fingerprint density at radius 3 is 2.83 bits per heavy atom. The number of amides is 1. The first-order chi connectivity index (χ1) is 11.4. The average Bonchev–Trinajstić information content (AvgIpc) is 3.21. The van der Waals surface area contributed by atoms with Gasteiger partial charge < -0.3 is 16.2 Å². The van der Waals surface area contributed by atoms with E-state index in [1.807, 2.05) is 0 Å². The molecule has 2 heterocycles. The predicted molar refractivity (Wildman–Crippen MR) is 86.9 cm³/mol. The molecule has 6 nitrogen and oxygen atoms in total. The molecule has 24 heavy (non-hydrogen) atoms. The van der Waals surface area contributed by atoms with Crippen LogP contribution in [0.5, 0.6) is 0 Å². The molecule has 1 unspecified atom stereocenters. The van der Waals surface area contributed by atoms with Crippen molar-refractivity contribution in [2.75, 3.05) is 11.1 Å². The zero-order valence-corrected chi connectivity index (χ0v) is 13.3. The van der Waals surface area contributed by atoms with Crippen LogP contribution in [0.2, 0.25) is 0 Å². The second kappa shape index (κ2) is 5.04. The van der Waals surface area contributed by atoms with Gasteiger partial charge in [0.05, 0.1) is 17.3 Å². The van der Waals surface area contributed by atoms with Gasteiger partial charge in [0.25, 0.3) is 5.91 Å². The summed E-state index contributed by atoms with van der Waals surface area (Å²) in [7, 11) is 0. The summed E-state index contributed by atoms with van der Waals surface area (Å²) in [5.74, 6) is -0.888. The van der Waals surface area contributed by atoms with Crippen molar-refractivity contribution in [1.82, 2.24) is 9.78 Å². The third-order valence-electron chi connectivity index (χ3n) is 5.10. The average molecular weight is 330 g/mol. The molecule has 1 fully saturated rings. The molecular formula is C17H19FN4O2. The normalized spacial score (nSPS) is 23.5. The van der Waals surface area contributed by atoms with Crippen molar-refractivity contribution in [3.05, 3.63) is 40.8 Å². The lowest BCUT2D eigenvalue weighted by Gasteiger charge is -2.22. The molecule has 1 aromatic carbocycles. The van der Waals surface area contributed by atoms with E-state index in [1.165, 1.54) is 18.2 Å². The number of halogens is 1. The van der Waals surface area contributed by atoms with Crippen molar-refractivity contribution in [3.8, 4) is 0 Å². The van der Waals surface area contributed by atoms with Crippen LogP contribution in [0, 0.1) is 12.7 Å². The summed E-state index contributed by atoms with van der Waals surface area (Å²) in [4.78, 5) is 12.5. The molecule has 4 N–H and O–H groups in total. The molecule has 1 saturated carbocycles. The highest BCUT2D eigenvalue weighted by Crippen LogP contribution is 2.45. The van der Waals surface area contributed by atoms with E-state index in [9.17, 15) is 14.3 Å². The third kappa shape index (κ3) is 1.91. The molecule has 2 aliphatic rings.